The van der Waals surface area contributed by atoms with Gasteiger partial charge in [-0.15, -0.1) is 6.58 Å². The number of hydrogen-bond acceptors (Lipinski definition) is 3. The summed E-state index contributed by atoms with van der Waals surface area (Å²) in [6.45, 7) is 4.02. The van der Waals surface area contributed by atoms with Crippen LogP contribution >= 0.6 is 11.6 Å². The molecule has 1 heterocycles. The molecule has 0 unspecified atom stereocenters. The molecule has 2 N–H and O–H groups in total. The molecular weight excluding hydrogens is 342 g/mol. The number of anilines is 3. The van der Waals surface area contributed by atoms with Crippen LogP contribution in [0.1, 0.15) is 0 Å². The lowest BCUT2D eigenvalue weighted by atomic mass is 10.2. The quantitative estimate of drug-likeness (QED) is 0.815. The number of carbonyl (C=O) groups is 2. The third-order valence-electron chi connectivity index (χ3n) is 3.57. The lowest BCUT2D eigenvalue weighted by molar-refractivity contribution is -0.121. The number of halogens is 1. The van der Waals surface area contributed by atoms with E-state index < -0.39 is 6.03 Å². The minimum absolute atomic E-state index is 0.0404. The van der Waals surface area contributed by atoms with Gasteiger partial charge >= 0.3 is 6.03 Å². The molecule has 0 spiro atoms. The smallest absolute Gasteiger partial charge is 0.323 e. The summed E-state index contributed by atoms with van der Waals surface area (Å²) >= 11 is 5.81. The number of nitrogens with zero attached hydrogens (tertiary/aromatic N) is 1. The number of benzene rings is 2. The first kappa shape index (κ1) is 16.9. The van der Waals surface area contributed by atoms with Gasteiger partial charge in [0.15, 0.2) is 6.61 Å². The highest BCUT2D eigenvalue weighted by Gasteiger charge is 2.24. The summed E-state index contributed by atoms with van der Waals surface area (Å²) in [5.41, 5.74) is 1.83. The maximum atomic E-state index is 12.1. The molecule has 6 nitrogen and oxygen atoms in total. The van der Waals surface area contributed by atoms with Gasteiger partial charge in [0, 0.05) is 29.0 Å². The zero-order valence-electron chi connectivity index (χ0n) is 13.3. The highest BCUT2D eigenvalue weighted by molar-refractivity contribution is 6.30. The molecular formula is C18H16ClN3O3. The molecule has 0 radical (unpaired) electrons. The molecule has 2 aromatic carbocycles. The summed E-state index contributed by atoms with van der Waals surface area (Å²) in [4.78, 5) is 25.6. The second kappa shape index (κ2) is 7.27. The highest BCUT2D eigenvalue weighted by Crippen LogP contribution is 2.34. The predicted molar refractivity (Wildman–Crippen MR) is 98.6 cm³/mol. The van der Waals surface area contributed by atoms with Gasteiger partial charge in [-0.1, -0.05) is 17.7 Å². The van der Waals surface area contributed by atoms with Gasteiger partial charge in [0.1, 0.15) is 5.75 Å². The summed E-state index contributed by atoms with van der Waals surface area (Å²) in [5, 5.41) is 6.03. The Morgan fingerprint density at radius 2 is 1.88 bits per heavy atom. The first-order valence-electron chi connectivity index (χ1n) is 7.58. The number of rotatable bonds is 4. The second-order valence-corrected chi connectivity index (χ2v) is 5.79. The van der Waals surface area contributed by atoms with Crippen molar-refractivity contribution in [3.05, 3.63) is 60.1 Å². The summed E-state index contributed by atoms with van der Waals surface area (Å²) < 4.78 is 5.45. The van der Waals surface area contributed by atoms with Gasteiger partial charge in [0.25, 0.3) is 5.91 Å². The van der Waals surface area contributed by atoms with Crippen molar-refractivity contribution in [2.45, 2.75) is 0 Å². The molecule has 3 amide bonds. The van der Waals surface area contributed by atoms with Gasteiger partial charge < -0.3 is 20.3 Å². The van der Waals surface area contributed by atoms with Gasteiger partial charge in [-0.3, -0.25) is 4.79 Å². The molecule has 1 aliphatic rings. The summed E-state index contributed by atoms with van der Waals surface area (Å²) in [6.07, 6.45) is 1.65. The van der Waals surface area contributed by atoms with Crippen LogP contribution in [0, 0.1) is 0 Å². The van der Waals surface area contributed by atoms with Gasteiger partial charge in [0.05, 0.1) is 5.69 Å². The monoisotopic (exact) mass is 357 g/mol. The maximum Gasteiger partial charge on any atom is 0.323 e. The Morgan fingerprint density at radius 3 is 2.60 bits per heavy atom. The third kappa shape index (κ3) is 3.92. The van der Waals surface area contributed by atoms with Crippen molar-refractivity contribution in [3.63, 3.8) is 0 Å². The van der Waals surface area contributed by atoms with Crippen molar-refractivity contribution in [2.24, 2.45) is 0 Å². The number of nitrogens with one attached hydrogen (secondary N) is 2. The number of hydrogen-bond donors (Lipinski definition) is 2. The fourth-order valence-electron chi connectivity index (χ4n) is 2.44. The minimum Gasteiger partial charge on any atom is -0.481 e. The van der Waals surface area contributed by atoms with E-state index in [1.165, 1.54) is 0 Å². The Hall–Kier alpha value is -2.99. The molecule has 2 aromatic rings. The number of ether oxygens (including phenoxy) is 1. The van der Waals surface area contributed by atoms with E-state index >= 15 is 0 Å². The molecule has 0 fully saturated rings. The van der Waals surface area contributed by atoms with E-state index in [1.54, 1.807) is 53.4 Å². The van der Waals surface area contributed by atoms with Crippen molar-refractivity contribution >= 4 is 40.6 Å². The van der Waals surface area contributed by atoms with E-state index in [0.717, 1.165) is 0 Å². The normalized spacial score (nSPS) is 12.8. The first-order valence-corrected chi connectivity index (χ1v) is 7.96. The highest BCUT2D eigenvalue weighted by atomic mass is 35.5. The Bertz CT molecular complexity index is 821. The maximum absolute atomic E-state index is 12.1. The average molecular weight is 358 g/mol. The van der Waals surface area contributed by atoms with E-state index in [1.807, 2.05) is 0 Å². The Balaban J connectivity index is 1.71. The molecule has 3 rings (SSSR count). The molecule has 0 aliphatic carbocycles. The van der Waals surface area contributed by atoms with Crippen LogP contribution in [0.4, 0.5) is 21.9 Å². The van der Waals surface area contributed by atoms with Crippen LogP contribution in [0.5, 0.6) is 5.75 Å². The fourth-order valence-corrected chi connectivity index (χ4v) is 2.56. The molecule has 25 heavy (non-hydrogen) atoms. The van der Waals surface area contributed by atoms with Crippen LogP contribution in [0.25, 0.3) is 0 Å². The Labute approximate surface area is 150 Å². The zero-order valence-corrected chi connectivity index (χ0v) is 14.0. The largest absolute Gasteiger partial charge is 0.481 e. The fraction of sp³-hybridized carbons (Fsp3) is 0.111. The van der Waals surface area contributed by atoms with Gasteiger partial charge in [-0.05, 0) is 36.4 Å². The summed E-state index contributed by atoms with van der Waals surface area (Å²) in [6, 6.07) is 11.5. The minimum atomic E-state index is -0.392. The van der Waals surface area contributed by atoms with Crippen LogP contribution < -0.4 is 20.3 Å². The van der Waals surface area contributed by atoms with Gasteiger partial charge in [-0.25, -0.2) is 4.79 Å². The Morgan fingerprint density at radius 1 is 1.20 bits per heavy atom. The lowest BCUT2D eigenvalue weighted by Gasteiger charge is -2.28. The van der Waals surface area contributed by atoms with E-state index in [9.17, 15) is 9.59 Å². The standard InChI is InChI=1S/C18H16ClN3O3/c1-2-9-22-15-8-7-14(10-16(15)25-11-17(22)23)21-18(24)20-13-5-3-12(19)4-6-13/h2-8,10H,1,9,11H2,(H2,20,21,24). The average Bonchev–Trinajstić information content (AvgIpc) is 2.59. The molecule has 0 atom stereocenters. The van der Waals surface area contributed by atoms with Gasteiger partial charge in [-0.2, -0.15) is 0 Å². The van der Waals surface area contributed by atoms with Crippen molar-refractivity contribution < 1.29 is 14.3 Å². The molecule has 0 saturated heterocycles. The second-order valence-electron chi connectivity index (χ2n) is 5.35. The SMILES string of the molecule is C=CCN1C(=O)COc2cc(NC(=O)Nc3ccc(Cl)cc3)ccc21. The van der Waals surface area contributed by atoms with E-state index in [4.69, 9.17) is 16.3 Å². The molecule has 128 valence electrons. The third-order valence-corrected chi connectivity index (χ3v) is 3.83. The number of amides is 3. The predicted octanol–water partition coefficient (Wildman–Crippen LogP) is 3.90. The molecule has 0 aromatic heterocycles. The summed E-state index contributed by atoms with van der Waals surface area (Å²) in [7, 11) is 0. The molecule has 1 aliphatic heterocycles. The van der Waals surface area contributed by atoms with Crippen LogP contribution in [0.2, 0.25) is 5.02 Å². The van der Waals surface area contributed by atoms with E-state index in [0.29, 0.717) is 34.4 Å². The van der Waals surface area contributed by atoms with Crippen LogP contribution in [-0.2, 0) is 4.79 Å². The van der Waals surface area contributed by atoms with Crippen molar-refractivity contribution in [1.82, 2.24) is 0 Å². The van der Waals surface area contributed by atoms with Crippen LogP contribution in [0.3, 0.4) is 0 Å². The van der Waals surface area contributed by atoms with Crippen LogP contribution in [-0.4, -0.2) is 25.1 Å². The Kier molecular flexibility index (Phi) is 4.90. The van der Waals surface area contributed by atoms with E-state index in [2.05, 4.69) is 17.2 Å². The first-order chi connectivity index (χ1) is 12.1. The molecule has 0 saturated carbocycles. The molecule has 7 heteroatoms. The van der Waals surface area contributed by atoms with Crippen molar-refractivity contribution in [2.75, 3.05) is 28.7 Å². The topological polar surface area (TPSA) is 70.7 Å². The van der Waals surface area contributed by atoms with E-state index in [-0.39, 0.29) is 12.5 Å². The summed E-state index contributed by atoms with van der Waals surface area (Å²) in [5.74, 6) is 0.402. The molecule has 0 bridgehead atoms. The van der Waals surface area contributed by atoms with Gasteiger partial charge in [0.2, 0.25) is 0 Å². The van der Waals surface area contributed by atoms with Crippen molar-refractivity contribution in [1.29, 1.82) is 0 Å². The van der Waals surface area contributed by atoms with Crippen molar-refractivity contribution in [3.8, 4) is 5.75 Å². The number of carbonyl (C=O) groups excluding carboxylic acids is 2. The lowest BCUT2D eigenvalue weighted by Crippen LogP contribution is -2.38. The van der Waals surface area contributed by atoms with Crippen LogP contribution in [0.15, 0.2) is 55.1 Å². The number of urea groups is 1. The zero-order chi connectivity index (χ0) is 17.8. The number of fused-ring (bicyclic) bond motifs is 1.